The van der Waals surface area contributed by atoms with Crippen molar-refractivity contribution < 1.29 is 9.59 Å². The van der Waals surface area contributed by atoms with Crippen LogP contribution in [0.2, 0.25) is 0 Å². The predicted octanol–water partition coefficient (Wildman–Crippen LogP) is 3.84. The van der Waals surface area contributed by atoms with Crippen LogP contribution in [0.5, 0.6) is 0 Å². The number of para-hydroxylation sites is 2. The Balaban J connectivity index is 1.70. The lowest BCUT2D eigenvalue weighted by Gasteiger charge is -2.09. The first-order chi connectivity index (χ1) is 14.4. The van der Waals surface area contributed by atoms with Crippen molar-refractivity contribution in [1.29, 1.82) is 0 Å². The number of rotatable bonds is 8. The highest BCUT2D eigenvalue weighted by Gasteiger charge is 2.15. The molecule has 3 rings (SSSR count). The van der Waals surface area contributed by atoms with Crippen LogP contribution in [0, 0.1) is 5.92 Å². The highest BCUT2D eigenvalue weighted by atomic mass is 16.2. The average molecular weight is 409 g/mol. The number of nitrogens with one attached hydrogen (secondary N) is 2. The molecule has 0 spiro atoms. The van der Waals surface area contributed by atoms with E-state index < -0.39 is 0 Å². The number of aromatic nitrogens is 2. The van der Waals surface area contributed by atoms with Gasteiger partial charge < -0.3 is 10.6 Å². The second-order valence-electron chi connectivity index (χ2n) is 7.78. The molecule has 3 aromatic rings. The minimum atomic E-state index is -0.284. The monoisotopic (exact) mass is 408 g/mol. The van der Waals surface area contributed by atoms with Crippen LogP contribution in [0.25, 0.3) is 11.0 Å². The van der Waals surface area contributed by atoms with E-state index in [1.807, 2.05) is 45.0 Å². The van der Waals surface area contributed by atoms with Gasteiger partial charge in [0.05, 0.1) is 11.0 Å². The lowest BCUT2D eigenvalue weighted by atomic mass is 10.1. The highest BCUT2D eigenvalue weighted by Crippen LogP contribution is 2.16. The molecule has 30 heavy (non-hydrogen) atoms. The Morgan fingerprint density at radius 2 is 1.40 bits per heavy atom. The fourth-order valence-corrected chi connectivity index (χ4v) is 3.43. The molecule has 2 N–H and O–H groups in total. The fourth-order valence-electron chi connectivity index (χ4n) is 3.43. The van der Waals surface area contributed by atoms with Gasteiger partial charge in [0.1, 0.15) is 6.54 Å². The SMILES string of the molecule is CCCn1c(=O)n(CC(=O)Nc2ccc(NC(=O)CC(C)C)cc2)c2ccccc21. The average Bonchev–Trinajstić information content (AvgIpc) is 2.95. The number of aryl methyl sites for hydroxylation is 1. The van der Waals surface area contributed by atoms with E-state index in [9.17, 15) is 14.4 Å². The van der Waals surface area contributed by atoms with Crippen molar-refractivity contribution in [2.45, 2.75) is 46.7 Å². The molecule has 1 heterocycles. The molecule has 2 aromatic carbocycles. The smallest absolute Gasteiger partial charge is 0.326 e. The van der Waals surface area contributed by atoms with Crippen molar-refractivity contribution in [3.63, 3.8) is 0 Å². The third-order valence-corrected chi connectivity index (χ3v) is 4.72. The van der Waals surface area contributed by atoms with Gasteiger partial charge in [-0.1, -0.05) is 32.9 Å². The molecule has 158 valence electrons. The maximum atomic E-state index is 12.8. The molecule has 0 aliphatic carbocycles. The van der Waals surface area contributed by atoms with Crippen LogP contribution in [-0.4, -0.2) is 20.9 Å². The summed E-state index contributed by atoms with van der Waals surface area (Å²) in [5.74, 6) is -0.0343. The summed E-state index contributed by atoms with van der Waals surface area (Å²) in [6.07, 6.45) is 1.29. The van der Waals surface area contributed by atoms with Crippen molar-refractivity contribution in [2.75, 3.05) is 10.6 Å². The molecule has 0 aliphatic heterocycles. The topological polar surface area (TPSA) is 85.1 Å². The molecule has 0 unspecified atom stereocenters. The van der Waals surface area contributed by atoms with Gasteiger partial charge in [0.2, 0.25) is 11.8 Å². The molecule has 0 aliphatic rings. The summed E-state index contributed by atoms with van der Waals surface area (Å²) in [7, 11) is 0. The summed E-state index contributed by atoms with van der Waals surface area (Å²) in [5.41, 5.74) is 2.68. The summed E-state index contributed by atoms with van der Waals surface area (Å²) >= 11 is 0. The van der Waals surface area contributed by atoms with Crippen LogP contribution in [0.3, 0.4) is 0 Å². The molecule has 7 nitrogen and oxygen atoms in total. The first-order valence-corrected chi connectivity index (χ1v) is 10.3. The Hall–Kier alpha value is -3.35. The normalized spacial score (nSPS) is 11.1. The van der Waals surface area contributed by atoms with Crippen LogP contribution >= 0.6 is 0 Å². The zero-order valence-corrected chi connectivity index (χ0v) is 17.6. The first-order valence-electron chi connectivity index (χ1n) is 10.3. The number of nitrogens with zero attached hydrogens (tertiary/aromatic N) is 2. The van der Waals surface area contributed by atoms with Crippen molar-refractivity contribution in [1.82, 2.24) is 9.13 Å². The zero-order valence-electron chi connectivity index (χ0n) is 17.6. The van der Waals surface area contributed by atoms with Crippen molar-refractivity contribution in [3.05, 3.63) is 59.0 Å². The van der Waals surface area contributed by atoms with Gasteiger partial charge in [-0.15, -0.1) is 0 Å². The van der Waals surface area contributed by atoms with Crippen LogP contribution in [0.15, 0.2) is 53.3 Å². The molecular weight excluding hydrogens is 380 g/mol. The Morgan fingerprint density at radius 1 is 0.867 bits per heavy atom. The van der Waals surface area contributed by atoms with Crippen molar-refractivity contribution in [3.8, 4) is 0 Å². The molecular formula is C23H28N4O3. The van der Waals surface area contributed by atoms with Crippen molar-refractivity contribution in [2.24, 2.45) is 5.92 Å². The highest BCUT2D eigenvalue weighted by molar-refractivity contribution is 5.93. The zero-order chi connectivity index (χ0) is 21.7. The maximum absolute atomic E-state index is 12.8. The van der Waals surface area contributed by atoms with Gasteiger partial charge in [-0.3, -0.25) is 18.7 Å². The number of hydrogen-bond donors (Lipinski definition) is 2. The molecule has 0 radical (unpaired) electrons. The third kappa shape index (κ3) is 4.97. The second-order valence-corrected chi connectivity index (χ2v) is 7.78. The minimum absolute atomic E-state index is 0.0374. The summed E-state index contributed by atoms with van der Waals surface area (Å²) in [6, 6.07) is 14.4. The van der Waals surface area contributed by atoms with Crippen LogP contribution < -0.4 is 16.3 Å². The Kier molecular flexibility index (Phi) is 6.72. The van der Waals surface area contributed by atoms with Crippen LogP contribution in [-0.2, 0) is 22.7 Å². The number of anilines is 2. The number of amides is 2. The number of carbonyl (C=O) groups excluding carboxylic acids is 2. The largest absolute Gasteiger partial charge is 0.329 e. The summed E-state index contributed by atoms with van der Waals surface area (Å²) in [5, 5.41) is 5.65. The Morgan fingerprint density at radius 3 is 1.93 bits per heavy atom. The summed E-state index contributed by atoms with van der Waals surface area (Å²) in [4.78, 5) is 37.2. The van der Waals surface area contributed by atoms with E-state index in [-0.39, 0.29) is 30.0 Å². The molecule has 0 atom stereocenters. The molecule has 0 saturated heterocycles. The van der Waals surface area contributed by atoms with Gasteiger partial charge in [0.15, 0.2) is 0 Å². The van der Waals surface area contributed by atoms with Gasteiger partial charge in [-0.25, -0.2) is 4.79 Å². The molecule has 1 aromatic heterocycles. The lowest BCUT2D eigenvalue weighted by molar-refractivity contribution is -0.117. The van der Waals surface area contributed by atoms with Crippen molar-refractivity contribution >= 4 is 34.2 Å². The van der Waals surface area contributed by atoms with Gasteiger partial charge in [0.25, 0.3) is 0 Å². The molecule has 0 bridgehead atoms. The van der Waals surface area contributed by atoms with E-state index in [4.69, 9.17) is 0 Å². The minimum Gasteiger partial charge on any atom is -0.326 e. The number of carbonyl (C=O) groups is 2. The van der Waals surface area contributed by atoms with Crippen LogP contribution in [0.1, 0.15) is 33.6 Å². The maximum Gasteiger partial charge on any atom is 0.329 e. The lowest BCUT2D eigenvalue weighted by Crippen LogP contribution is -2.29. The van der Waals surface area contributed by atoms with Gasteiger partial charge in [-0.05, 0) is 48.7 Å². The van der Waals surface area contributed by atoms with E-state index in [0.29, 0.717) is 24.3 Å². The predicted molar refractivity (Wildman–Crippen MR) is 120 cm³/mol. The molecule has 2 amide bonds. The van der Waals surface area contributed by atoms with Gasteiger partial charge in [0, 0.05) is 24.3 Å². The summed E-state index contributed by atoms with van der Waals surface area (Å²) < 4.78 is 3.21. The number of fused-ring (bicyclic) bond motifs is 1. The van der Waals surface area contributed by atoms with Crippen LogP contribution in [0.4, 0.5) is 11.4 Å². The quantitative estimate of drug-likeness (QED) is 0.594. The number of benzene rings is 2. The van der Waals surface area contributed by atoms with E-state index >= 15 is 0 Å². The Labute approximate surface area is 175 Å². The van der Waals surface area contributed by atoms with E-state index in [2.05, 4.69) is 10.6 Å². The van der Waals surface area contributed by atoms with Gasteiger partial charge >= 0.3 is 5.69 Å². The molecule has 0 fully saturated rings. The Bertz CT molecular complexity index is 1090. The third-order valence-electron chi connectivity index (χ3n) is 4.72. The number of imidazole rings is 1. The first kappa shape index (κ1) is 21.4. The standard InChI is InChI=1S/C23H28N4O3/c1-4-13-26-19-7-5-6-8-20(19)27(23(26)30)15-22(29)25-18-11-9-17(10-12-18)24-21(28)14-16(2)3/h5-12,16H,4,13-15H2,1-3H3,(H,24,28)(H,25,29). The second kappa shape index (κ2) is 9.43. The molecule has 7 heteroatoms. The summed E-state index contributed by atoms with van der Waals surface area (Å²) in [6.45, 7) is 6.54. The van der Waals surface area contributed by atoms with E-state index in [1.165, 1.54) is 4.57 Å². The van der Waals surface area contributed by atoms with Gasteiger partial charge in [-0.2, -0.15) is 0 Å². The van der Waals surface area contributed by atoms with E-state index in [1.54, 1.807) is 28.8 Å². The molecule has 0 saturated carbocycles. The fraction of sp³-hybridized carbons (Fsp3) is 0.348. The van der Waals surface area contributed by atoms with E-state index in [0.717, 1.165) is 17.5 Å². The number of hydrogen-bond acceptors (Lipinski definition) is 3.